The van der Waals surface area contributed by atoms with Crippen molar-refractivity contribution >= 4 is 34.8 Å². The number of likely N-dealkylation sites (tertiary alicyclic amines) is 1. The van der Waals surface area contributed by atoms with Crippen LogP contribution in [0.25, 0.3) is 0 Å². The van der Waals surface area contributed by atoms with Gasteiger partial charge >= 0.3 is 5.97 Å². The van der Waals surface area contributed by atoms with E-state index in [1.54, 1.807) is 47.7 Å². The Balaban J connectivity index is 1.59. The van der Waals surface area contributed by atoms with Crippen molar-refractivity contribution in [2.75, 3.05) is 25.5 Å². The molecule has 1 fully saturated rings. The first-order valence-electron chi connectivity index (χ1n) is 8.54. The Labute approximate surface area is 160 Å². The summed E-state index contributed by atoms with van der Waals surface area (Å²) in [5.74, 6) is -0.899. The third-order valence-corrected chi connectivity index (χ3v) is 5.46. The number of carboxylic acids is 1. The molecule has 27 heavy (non-hydrogen) atoms. The predicted octanol–water partition coefficient (Wildman–Crippen LogP) is 2.95. The number of benzene rings is 1. The lowest BCUT2D eigenvalue weighted by atomic mass is 9.96. The Morgan fingerprint density at radius 3 is 2.41 bits per heavy atom. The van der Waals surface area contributed by atoms with Crippen LogP contribution in [0.3, 0.4) is 0 Å². The van der Waals surface area contributed by atoms with Crippen LogP contribution in [-0.4, -0.2) is 48.0 Å². The van der Waals surface area contributed by atoms with Crippen molar-refractivity contribution in [3.8, 4) is 5.75 Å². The van der Waals surface area contributed by atoms with Crippen LogP contribution in [0.4, 0.5) is 5.69 Å². The molecule has 0 radical (unpaired) electrons. The highest BCUT2D eigenvalue weighted by Gasteiger charge is 2.27. The summed E-state index contributed by atoms with van der Waals surface area (Å²) in [5.41, 5.74) is 1.10. The number of carbonyl (C=O) groups is 3. The second kappa shape index (κ2) is 8.22. The van der Waals surface area contributed by atoms with Gasteiger partial charge in [-0.3, -0.25) is 14.4 Å². The van der Waals surface area contributed by atoms with Crippen molar-refractivity contribution in [1.29, 1.82) is 0 Å². The number of rotatable bonds is 5. The minimum atomic E-state index is -0.800. The standard InChI is InChI=1S/C19H20N2O5S/c1-26-15-10-16(27-11-15)17(22)20-14-4-2-12(3-5-14)18(23)21-8-6-13(7-9-21)19(24)25/h2-5,10-11,13H,6-9H2,1H3,(H,20,22)(H,24,25). The van der Waals surface area contributed by atoms with E-state index < -0.39 is 5.97 Å². The maximum Gasteiger partial charge on any atom is 0.306 e. The highest BCUT2D eigenvalue weighted by Crippen LogP contribution is 2.23. The van der Waals surface area contributed by atoms with Gasteiger partial charge in [0, 0.05) is 35.8 Å². The molecule has 0 saturated carbocycles. The molecular formula is C19H20N2O5S. The van der Waals surface area contributed by atoms with Gasteiger partial charge in [-0.1, -0.05) is 0 Å². The summed E-state index contributed by atoms with van der Waals surface area (Å²) in [7, 11) is 1.55. The molecule has 1 aliphatic heterocycles. The van der Waals surface area contributed by atoms with E-state index in [-0.39, 0.29) is 17.7 Å². The van der Waals surface area contributed by atoms with Gasteiger partial charge in [0.15, 0.2) is 0 Å². The third kappa shape index (κ3) is 4.46. The van der Waals surface area contributed by atoms with E-state index in [0.717, 1.165) is 0 Å². The minimum Gasteiger partial charge on any atom is -0.496 e. The topological polar surface area (TPSA) is 95.9 Å². The zero-order valence-electron chi connectivity index (χ0n) is 14.8. The molecular weight excluding hydrogens is 368 g/mol. The molecule has 2 amide bonds. The number of amides is 2. The van der Waals surface area contributed by atoms with E-state index in [9.17, 15) is 14.4 Å². The van der Waals surface area contributed by atoms with E-state index in [1.165, 1.54) is 11.3 Å². The van der Waals surface area contributed by atoms with Gasteiger partial charge in [-0.25, -0.2) is 0 Å². The van der Waals surface area contributed by atoms with Crippen molar-refractivity contribution in [3.05, 3.63) is 46.2 Å². The second-order valence-electron chi connectivity index (χ2n) is 6.29. The van der Waals surface area contributed by atoms with Crippen LogP contribution >= 0.6 is 11.3 Å². The molecule has 142 valence electrons. The monoisotopic (exact) mass is 388 g/mol. The molecule has 7 nitrogen and oxygen atoms in total. The summed E-state index contributed by atoms with van der Waals surface area (Å²) in [6.45, 7) is 0.878. The van der Waals surface area contributed by atoms with Crippen LogP contribution in [0.2, 0.25) is 0 Å². The summed E-state index contributed by atoms with van der Waals surface area (Å²) in [6, 6.07) is 8.35. The quantitative estimate of drug-likeness (QED) is 0.821. The van der Waals surface area contributed by atoms with Crippen molar-refractivity contribution in [2.45, 2.75) is 12.8 Å². The first-order valence-corrected chi connectivity index (χ1v) is 9.42. The van der Waals surface area contributed by atoms with Crippen LogP contribution in [0.15, 0.2) is 35.7 Å². The first-order chi connectivity index (χ1) is 13.0. The summed E-state index contributed by atoms with van der Waals surface area (Å²) < 4.78 is 5.07. The lowest BCUT2D eigenvalue weighted by Crippen LogP contribution is -2.40. The fourth-order valence-electron chi connectivity index (χ4n) is 2.95. The summed E-state index contributed by atoms with van der Waals surface area (Å²) in [6.07, 6.45) is 0.943. The van der Waals surface area contributed by atoms with Crippen molar-refractivity contribution in [2.24, 2.45) is 5.92 Å². The molecule has 1 aromatic heterocycles. The van der Waals surface area contributed by atoms with Crippen molar-refractivity contribution < 1.29 is 24.2 Å². The Bertz CT molecular complexity index is 838. The zero-order valence-corrected chi connectivity index (χ0v) is 15.6. The number of carbonyl (C=O) groups excluding carboxylic acids is 2. The van der Waals surface area contributed by atoms with Gasteiger partial charge in [0.05, 0.1) is 17.9 Å². The Morgan fingerprint density at radius 2 is 1.85 bits per heavy atom. The number of thiophene rings is 1. The number of nitrogens with one attached hydrogen (secondary N) is 1. The number of methoxy groups -OCH3 is 1. The molecule has 2 N–H and O–H groups in total. The van der Waals surface area contributed by atoms with Gasteiger partial charge in [0.2, 0.25) is 0 Å². The number of hydrogen-bond donors (Lipinski definition) is 2. The Kier molecular flexibility index (Phi) is 5.75. The molecule has 0 spiro atoms. The molecule has 2 aromatic rings. The van der Waals surface area contributed by atoms with E-state index in [0.29, 0.717) is 47.8 Å². The number of carboxylic acid groups (broad SMARTS) is 1. The largest absolute Gasteiger partial charge is 0.496 e. The van der Waals surface area contributed by atoms with Gasteiger partial charge in [0.25, 0.3) is 11.8 Å². The van der Waals surface area contributed by atoms with Gasteiger partial charge in [-0.2, -0.15) is 0 Å². The molecule has 1 saturated heterocycles. The van der Waals surface area contributed by atoms with Gasteiger partial charge in [0.1, 0.15) is 5.75 Å². The fourth-order valence-corrected chi connectivity index (χ4v) is 3.70. The van der Waals surface area contributed by atoms with Crippen molar-refractivity contribution in [1.82, 2.24) is 4.90 Å². The number of anilines is 1. The molecule has 0 atom stereocenters. The summed E-state index contributed by atoms with van der Waals surface area (Å²) >= 11 is 1.29. The summed E-state index contributed by atoms with van der Waals surface area (Å²) in [5, 5.41) is 13.6. The smallest absolute Gasteiger partial charge is 0.306 e. The van der Waals surface area contributed by atoms with Gasteiger partial charge in [-0.15, -0.1) is 11.3 Å². The molecule has 0 aliphatic carbocycles. The normalized spacial score (nSPS) is 14.6. The Hall–Kier alpha value is -2.87. The van der Waals surface area contributed by atoms with Gasteiger partial charge in [-0.05, 0) is 37.1 Å². The lowest BCUT2D eigenvalue weighted by molar-refractivity contribution is -0.143. The average Bonchev–Trinajstić information content (AvgIpc) is 3.17. The number of piperidine rings is 1. The molecule has 1 aromatic carbocycles. The van der Waals surface area contributed by atoms with Crippen LogP contribution in [0.5, 0.6) is 5.75 Å². The third-order valence-electron chi connectivity index (χ3n) is 4.56. The maximum absolute atomic E-state index is 12.5. The molecule has 1 aliphatic rings. The number of ether oxygens (including phenoxy) is 1. The highest BCUT2D eigenvalue weighted by molar-refractivity contribution is 7.12. The maximum atomic E-state index is 12.5. The minimum absolute atomic E-state index is 0.125. The van der Waals surface area contributed by atoms with Crippen LogP contribution in [0.1, 0.15) is 32.9 Å². The highest BCUT2D eigenvalue weighted by atomic mass is 32.1. The molecule has 0 bridgehead atoms. The predicted molar refractivity (Wildman–Crippen MR) is 102 cm³/mol. The number of aliphatic carboxylic acids is 1. The fraction of sp³-hybridized carbons (Fsp3) is 0.316. The van der Waals surface area contributed by atoms with E-state index in [2.05, 4.69) is 5.32 Å². The van der Waals surface area contributed by atoms with E-state index in [1.807, 2.05) is 0 Å². The second-order valence-corrected chi connectivity index (χ2v) is 7.20. The van der Waals surface area contributed by atoms with E-state index in [4.69, 9.17) is 9.84 Å². The van der Waals surface area contributed by atoms with Crippen LogP contribution in [-0.2, 0) is 4.79 Å². The molecule has 0 unspecified atom stereocenters. The number of hydrogen-bond acceptors (Lipinski definition) is 5. The van der Waals surface area contributed by atoms with Gasteiger partial charge < -0.3 is 20.1 Å². The number of nitrogens with zero attached hydrogens (tertiary/aromatic N) is 1. The van der Waals surface area contributed by atoms with Crippen molar-refractivity contribution in [3.63, 3.8) is 0 Å². The zero-order chi connectivity index (χ0) is 19.4. The Morgan fingerprint density at radius 1 is 1.19 bits per heavy atom. The first kappa shape index (κ1) is 18.9. The summed E-state index contributed by atoms with van der Waals surface area (Å²) in [4.78, 5) is 38.0. The van der Waals surface area contributed by atoms with Crippen LogP contribution < -0.4 is 10.1 Å². The van der Waals surface area contributed by atoms with Crippen LogP contribution in [0, 0.1) is 5.92 Å². The molecule has 8 heteroatoms. The SMILES string of the molecule is COc1csc(C(=O)Nc2ccc(C(=O)N3CCC(C(=O)O)CC3)cc2)c1. The molecule has 2 heterocycles. The average molecular weight is 388 g/mol. The lowest BCUT2D eigenvalue weighted by Gasteiger charge is -2.30. The molecule has 3 rings (SSSR count). The van der Waals surface area contributed by atoms with E-state index >= 15 is 0 Å².